The van der Waals surface area contributed by atoms with Gasteiger partial charge in [-0.25, -0.2) is 8.42 Å². The zero-order chi connectivity index (χ0) is 16.4. The molecule has 0 unspecified atom stereocenters. The molecule has 0 bridgehead atoms. The van der Waals surface area contributed by atoms with Crippen LogP contribution in [0.15, 0.2) is 57.9 Å². The highest BCUT2D eigenvalue weighted by Crippen LogP contribution is 2.18. The molecule has 118 valence electrons. The first-order valence-electron chi connectivity index (χ1n) is 6.78. The Balaban J connectivity index is 1.93. The molecular formula is C15H13BrN4O2S. The Morgan fingerprint density at radius 1 is 1.04 bits per heavy atom. The van der Waals surface area contributed by atoms with Crippen molar-refractivity contribution in [1.29, 1.82) is 0 Å². The van der Waals surface area contributed by atoms with Crippen LogP contribution in [0.5, 0.6) is 0 Å². The van der Waals surface area contributed by atoms with E-state index in [4.69, 9.17) is 0 Å². The molecule has 8 heteroatoms. The molecule has 0 N–H and O–H groups in total. The van der Waals surface area contributed by atoms with Crippen molar-refractivity contribution in [3.63, 3.8) is 0 Å². The molecule has 1 heterocycles. The van der Waals surface area contributed by atoms with Gasteiger partial charge in [-0.1, -0.05) is 33.6 Å². The highest BCUT2D eigenvalue weighted by atomic mass is 79.9. The van der Waals surface area contributed by atoms with Crippen molar-refractivity contribution in [2.75, 3.05) is 0 Å². The smallest absolute Gasteiger partial charge is 0.185 e. The van der Waals surface area contributed by atoms with Crippen molar-refractivity contribution in [2.45, 2.75) is 17.6 Å². The molecule has 3 rings (SSSR count). The normalized spacial score (nSPS) is 11.6. The molecule has 0 fully saturated rings. The molecule has 23 heavy (non-hydrogen) atoms. The van der Waals surface area contributed by atoms with E-state index in [9.17, 15) is 8.42 Å². The zero-order valence-electron chi connectivity index (χ0n) is 12.2. The third-order valence-corrected chi connectivity index (χ3v) is 5.46. The summed E-state index contributed by atoms with van der Waals surface area (Å²) in [6.07, 6.45) is 0. The average molecular weight is 393 g/mol. The van der Waals surface area contributed by atoms with Crippen molar-refractivity contribution in [2.24, 2.45) is 0 Å². The molecule has 0 aliphatic carbocycles. The van der Waals surface area contributed by atoms with E-state index in [1.807, 2.05) is 31.2 Å². The highest BCUT2D eigenvalue weighted by Gasteiger charge is 2.20. The van der Waals surface area contributed by atoms with Crippen LogP contribution in [0.2, 0.25) is 0 Å². The van der Waals surface area contributed by atoms with Gasteiger partial charge in [0.1, 0.15) is 5.75 Å². The van der Waals surface area contributed by atoms with Gasteiger partial charge in [0.15, 0.2) is 15.7 Å². The molecule has 0 saturated heterocycles. The molecule has 0 atom stereocenters. The summed E-state index contributed by atoms with van der Waals surface area (Å²) in [5.74, 6) is 0.00644. The molecule has 0 aliphatic heterocycles. The predicted octanol–water partition coefficient (Wildman–Crippen LogP) is 2.71. The van der Waals surface area contributed by atoms with Crippen LogP contribution in [0, 0.1) is 6.92 Å². The predicted molar refractivity (Wildman–Crippen MR) is 88.9 cm³/mol. The maximum absolute atomic E-state index is 12.5. The van der Waals surface area contributed by atoms with E-state index in [1.165, 1.54) is 4.68 Å². The number of halogens is 1. The van der Waals surface area contributed by atoms with E-state index in [2.05, 4.69) is 31.5 Å². The molecule has 1 aromatic heterocycles. The molecule has 6 nitrogen and oxygen atoms in total. The minimum atomic E-state index is -3.51. The minimum Gasteiger partial charge on any atom is -0.223 e. The quantitative estimate of drug-likeness (QED) is 0.681. The lowest BCUT2D eigenvalue weighted by Crippen LogP contribution is -2.11. The molecular weight excluding hydrogens is 380 g/mol. The van der Waals surface area contributed by atoms with Gasteiger partial charge in [-0.15, -0.1) is 5.10 Å². The van der Waals surface area contributed by atoms with Crippen LogP contribution in [0.25, 0.3) is 5.69 Å². The van der Waals surface area contributed by atoms with Gasteiger partial charge in [0, 0.05) is 4.47 Å². The Labute approximate surface area is 142 Å². The number of hydrogen-bond acceptors (Lipinski definition) is 5. The van der Waals surface area contributed by atoms with Gasteiger partial charge < -0.3 is 0 Å². The number of hydrogen-bond donors (Lipinski definition) is 0. The zero-order valence-corrected chi connectivity index (χ0v) is 14.6. The maximum atomic E-state index is 12.5. The minimum absolute atomic E-state index is 0.258. The van der Waals surface area contributed by atoms with E-state index in [0.29, 0.717) is 5.69 Å². The van der Waals surface area contributed by atoms with Crippen molar-refractivity contribution in [3.05, 3.63) is 64.4 Å². The lowest BCUT2D eigenvalue weighted by atomic mass is 10.2. The Bertz CT molecular complexity index is 919. The Kier molecular flexibility index (Phi) is 4.27. The Morgan fingerprint density at radius 2 is 1.70 bits per heavy atom. The molecule has 0 radical (unpaired) electrons. The van der Waals surface area contributed by atoms with E-state index in [0.717, 1.165) is 10.0 Å². The summed E-state index contributed by atoms with van der Waals surface area (Å²) in [5, 5.41) is 11.3. The van der Waals surface area contributed by atoms with Crippen molar-refractivity contribution in [1.82, 2.24) is 20.2 Å². The maximum Gasteiger partial charge on any atom is 0.185 e. The summed E-state index contributed by atoms with van der Waals surface area (Å²) in [6.45, 7) is 1.91. The molecule has 0 amide bonds. The van der Waals surface area contributed by atoms with Crippen LogP contribution in [-0.2, 0) is 15.6 Å². The largest absolute Gasteiger partial charge is 0.223 e. The molecule has 2 aromatic carbocycles. The first kappa shape index (κ1) is 15.8. The summed E-state index contributed by atoms with van der Waals surface area (Å²) in [5.41, 5.74) is 1.70. The standard InChI is InChI=1S/C15H13BrN4O2S/c1-11-2-8-14(9-3-11)23(21,22)10-15-17-18-19-20(15)13-6-4-12(16)5-7-13/h2-9H,10H2,1H3. The molecule has 0 spiro atoms. The fraction of sp³-hybridized carbons (Fsp3) is 0.133. The lowest BCUT2D eigenvalue weighted by Gasteiger charge is -2.06. The van der Waals surface area contributed by atoms with Gasteiger partial charge in [0.25, 0.3) is 0 Å². The Hall–Kier alpha value is -2.06. The SMILES string of the molecule is Cc1ccc(S(=O)(=O)Cc2nnnn2-c2ccc(Br)cc2)cc1. The molecule has 3 aromatic rings. The summed E-state index contributed by atoms with van der Waals surface area (Å²) in [4.78, 5) is 0.258. The van der Waals surface area contributed by atoms with E-state index in [1.54, 1.807) is 24.3 Å². The fourth-order valence-electron chi connectivity index (χ4n) is 2.08. The number of aryl methyl sites for hydroxylation is 1. The summed E-state index contributed by atoms with van der Waals surface area (Å²) < 4.78 is 27.4. The van der Waals surface area contributed by atoms with Gasteiger partial charge in [-0.3, -0.25) is 0 Å². The van der Waals surface area contributed by atoms with Crippen molar-refractivity contribution < 1.29 is 8.42 Å². The van der Waals surface area contributed by atoms with Crippen LogP contribution in [0.3, 0.4) is 0 Å². The number of sulfone groups is 1. The van der Waals surface area contributed by atoms with E-state index in [-0.39, 0.29) is 16.5 Å². The second-order valence-electron chi connectivity index (χ2n) is 5.06. The van der Waals surface area contributed by atoms with Crippen molar-refractivity contribution in [3.8, 4) is 5.69 Å². The summed E-state index contributed by atoms with van der Waals surface area (Å²) >= 11 is 3.36. The van der Waals surface area contributed by atoms with Crippen LogP contribution >= 0.6 is 15.9 Å². The lowest BCUT2D eigenvalue weighted by molar-refractivity contribution is 0.592. The van der Waals surface area contributed by atoms with E-state index >= 15 is 0 Å². The monoisotopic (exact) mass is 392 g/mol. The first-order valence-corrected chi connectivity index (χ1v) is 9.23. The Morgan fingerprint density at radius 3 is 2.35 bits per heavy atom. The van der Waals surface area contributed by atoms with Crippen LogP contribution in [-0.4, -0.2) is 28.6 Å². The molecule has 0 saturated carbocycles. The number of benzene rings is 2. The highest BCUT2D eigenvalue weighted by molar-refractivity contribution is 9.10. The van der Waals surface area contributed by atoms with Gasteiger partial charge >= 0.3 is 0 Å². The third-order valence-electron chi connectivity index (χ3n) is 3.30. The van der Waals surface area contributed by atoms with Crippen LogP contribution in [0.1, 0.15) is 11.4 Å². The fourth-order valence-corrected chi connectivity index (χ4v) is 3.58. The second kappa shape index (κ2) is 6.21. The third kappa shape index (κ3) is 3.48. The van der Waals surface area contributed by atoms with Crippen LogP contribution < -0.4 is 0 Å². The number of tetrazole rings is 1. The number of nitrogens with zero attached hydrogens (tertiary/aromatic N) is 4. The first-order chi connectivity index (χ1) is 11.0. The topological polar surface area (TPSA) is 77.7 Å². The average Bonchev–Trinajstić information content (AvgIpc) is 2.96. The number of rotatable bonds is 4. The van der Waals surface area contributed by atoms with E-state index < -0.39 is 9.84 Å². The van der Waals surface area contributed by atoms with Crippen molar-refractivity contribution >= 4 is 25.8 Å². The van der Waals surface area contributed by atoms with Gasteiger partial charge in [-0.05, 0) is 53.7 Å². The second-order valence-corrected chi connectivity index (χ2v) is 7.96. The van der Waals surface area contributed by atoms with Crippen LogP contribution in [0.4, 0.5) is 0 Å². The summed E-state index contributed by atoms with van der Waals surface area (Å²) in [7, 11) is -3.51. The number of aromatic nitrogens is 4. The molecule has 0 aliphatic rings. The summed E-state index contributed by atoms with van der Waals surface area (Å²) in [6, 6.07) is 14.0. The van der Waals surface area contributed by atoms with Gasteiger partial charge in [0.2, 0.25) is 0 Å². The van der Waals surface area contributed by atoms with Gasteiger partial charge in [-0.2, -0.15) is 4.68 Å². The van der Waals surface area contributed by atoms with Gasteiger partial charge in [0.05, 0.1) is 10.6 Å².